The smallest absolute Gasteiger partial charge is 0.305 e. The molecule has 0 bridgehead atoms. The molecule has 3 nitrogen and oxygen atoms in total. The van der Waals surface area contributed by atoms with Crippen LogP contribution in [0, 0.1) is 0 Å². The highest BCUT2D eigenvalue weighted by atomic mass is 31.2. The van der Waals surface area contributed by atoms with Crippen LogP contribution in [-0.4, -0.2) is 13.2 Å². The molecule has 0 saturated heterocycles. The lowest BCUT2D eigenvalue weighted by Crippen LogP contribution is -2.12. The molecular formula is C20H33O3P. The van der Waals surface area contributed by atoms with Gasteiger partial charge in [-0.1, -0.05) is 77.2 Å². The minimum Gasteiger partial charge on any atom is -0.305 e. The molecule has 0 N–H and O–H groups in total. The first-order valence-corrected chi connectivity index (χ1v) is 10.8. The van der Waals surface area contributed by atoms with Gasteiger partial charge in [0.1, 0.15) is 0 Å². The molecule has 0 spiro atoms. The third-order valence-corrected chi connectivity index (χ3v) is 5.94. The molecular weight excluding hydrogens is 319 g/mol. The second kappa shape index (κ2) is 12.5. The fourth-order valence-corrected chi connectivity index (χ4v) is 4.03. The topological polar surface area (TPSA) is 35.5 Å². The van der Waals surface area contributed by atoms with E-state index in [2.05, 4.69) is 20.4 Å². The van der Waals surface area contributed by atoms with Crippen LogP contribution in [0.3, 0.4) is 0 Å². The predicted molar refractivity (Wildman–Crippen MR) is 104 cm³/mol. The third kappa shape index (κ3) is 7.79. The van der Waals surface area contributed by atoms with Crippen molar-refractivity contribution in [3.05, 3.63) is 36.4 Å². The Bertz CT molecular complexity index is 478. The van der Waals surface area contributed by atoms with E-state index in [1.807, 2.05) is 24.3 Å². The van der Waals surface area contributed by atoms with Gasteiger partial charge in [0.25, 0.3) is 0 Å². The molecule has 0 aliphatic carbocycles. The maximum Gasteiger partial charge on any atom is 0.361 e. The Morgan fingerprint density at radius 2 is 1.38 bits per heavy atom. The summed E-state index contributed by atoms with van der Waals surface area (Å²) in [4.78, 5) is 0. The van der Waals surface area contributed by atoms with E-state index in [4.69, 9.17) is 9.05 Å². The van der Waals surface area contributed by atoms with Crippen LogP contribution in [0.5, 0.6) is 0 Å². The van der Waals surface area contributed by atoms with E-state index in [0.717, 1.165) is 31.2 Å². The summed E-state index contributed by atoms with van der Waals surface area (Å²) < 4.78 is 24.7. The van der Waals surface area contributed by atoms with Crippen molar-refractivity contribution in [2.45, 2.75) is 65.2 Å². The van der Waals surface area contributed by atoms with Gasteiger partial charge >= 0.3 is 7.60 Å². The number of hydrogen-bond donors (Lipinski definition) is 0. The Labute approximate surface area is 148 Å². The molecule has 24 heavy (non-hydrogen) atoms. The van der Waals surface area contributed by atoms with Gasteiger partial charge in [0, 0.05) is 0 Å². The molecule has 0 heterocycles. The van der Waals surface area contributed by atoms with Crippen molar-refractivity contribution >= 4 is 19.0 Å². The minimum atomic E-state index is -3.23. The molecule has 0 amide bonds. The number of hydrogen-bond acceptors (Lipinski definition) is 3. The second-order valence-electron chi connectivity index (χ2n) is 6.08. The summed E-state index contributed by atoms with van der Waals surface area (Å²) in [6.45, 7) is 9.06. The van der Waals surface area contributed by atoms with Crippen LogP contribution >= 0.6 is 7.60 Å². The quantitative estimate of drug-likeness (QED) is 0.289. The predicted octanol–water partition coefficient (Wildman–Crippen LogP) is 6.34. The third-order valence-electron chi connectivity index (χ3n) is 3.96. The highest BCUT2D eigenvalue weighted by Gasteiger charge is 2.27. The largest absolute Gasteiger partial charge is 0.361 e. The molecule has 0 radical (unpaired) electrons. The Morgan fingerprint density at radius 3 is 1.79 bits per heavy atom. The van der Waals surface area contributed by atoms with E-state index < -0.39 is 7.60 Å². The molecule has 136 valence electrons. The highest BCUT2D eigenvalue weighted by molar-refractivity contribution is 7.62. The number of rotatable bonds is 14. The van der Waals surface area contributed by atoms with Gasteiger partial charge in [-0.3, -0.25) is 4.57 Å². The van der Waals surface area contributed by atoms with Crippen molar-refractivity contribution < 1.29 is 13.6 Å². The average Bonchev–Trinajstić information content (AvgIpc) is 2.61. The zero-order valence-electron chi connectivity index (χ0n) is 15.3. The molecule has 0 aliphatic rings. The van der Waals surface area contributed by atoms with Crippen molar-refractivity contribution in [1.82, 2.24) is 0 Å². The average molecular weight is 352 g/mol. The second-order valence-corrected chi connectivity index (χ2v) is 8.11. The van der Waals surface area contributed by atoms with Crippen LogP contribution in [0.25, 0.3) is 6.08 Å². The molecule has 0 unspecified atom stereocenters. The maximum atomic E-state index is 13.2. The van der Waals surface area contributed by atoms with Gasteiger partial charge in [0.05, 0.1) is 18.5 Å². The van der Waals surface area contributed by atoms with Crippen molar-refractivity contribution in [2.75, 3.05) is 13.2 Å². The summed E-state index contributed by atoms with van der Waals surface area (Å²) in [7, 11) is -3.23. The fraction of sp³-hybridized carbons (Fsp3) is 0.600. The summed E-state index contributed by atoms with van der Waals surface area (Å²) in [5, 5.41) is 0.638. The van der Waals surface area contributed by atoms with Crippen molar-refractivity contribution in [3.63, 3.8) is 0 Å². The van der Waals surface area contributed by atoms with Gasteiger partial charge in [-0.15, -0.1) is 0 Å². The minimum absolute atomic E-state index is 0.482. The summed E-state index contributed by atoms with van der Waals surface area (Å²) in [6, 6.07) is 7.46. The van der Waals surface area contributed by atoms with E-state index in [0.29, 0.717) is 18.5 Å². The summed E-state index contributed by atoms with van der Waals surface area (Å²) >= 11 is 0. The maximum absolute atomic E-state index is 13.2. The molecule has 0 atom stereocenters. The molecule has 1 aromatic rings. The normalized spacial score (nSPS) is 11.6. The van der Waals surface area contributed by atoms with Gasteiger partial charge in [-0.05, 0) is 30.5 Å². The van der Waals surface area contributed by atoms with Gasteiger partial charge in [0.15, 0.2) is 0 Å². The van der Waals surface area contributed by atoms with Crippen LogP contribution in [0.15, 0.2) is 30.8 Å². The van der Waals surface area contributed by atoms with E-state index >= 15 is 0 Å². The zero-order valence-corrected chi connectivity index (χ0v) is 16.2. The van der Waals surface area contributed by atoms with Crippen molar-refractivity contribution in [1.29, 1.82) is 0 Å². The zero-order chi connectivity index (χ0) is 17.7. The van der Waals surface area contributed by atoms with Crippen molar-refractivity contribution in [3.8, 4) is 0 Å². The standard InChI is InChI=1S/C20H33O3P/c1-4-7-9-11-17-22-24(21,23-18-12-10-8-5-2)20-15-13-19(6-3)14-16-20/h6,13-16H,3-5,7-12,17-18H2,1-2H3. The first-order valence-electron chi connectivity index (χ1n) is 9.28. The lowest BCUT2D eigenvalue weighted by Gasteiger charge is -2.19. The summed E-state index contributed by atoms with van der Waals surface area (Å²) in [5.74, 6) is 0. The monoisotopic (exact) mass is 352 g/mol. The molecule has 0 saturated carbocycles. The summed E-state index contributed by atoms with van der Waals surface area (Å²) in [5.41, 5.74) is 0.996. The molecule has 4 heteroatoms. The Kier molecular flexibility index (Phi) is 11.0. The van der Waals surface area contributed by atoms with E-state index in [9.17, 15) is 4.57 Å². The van der Waals surface area contributed by atoms with Gasteiger partial charge < -0.3 is 9.05 Å². The van der Waals surface area contributed by atoms with Crippen LogP contribution < -0.4 is 5.30 Å². The molecule has 0 fully saturated rings. The highest BCUT2D eigenvalue weighted by Crippen LogP contribution is 2.47. The van der Waals surface area contributed by atoms with E-state index in [-0.39, 0.29) is 0 Å². The van der Waals surface area contributed by atoms with Crippen LogP contribution in [0.4, 0.5) is 0 Å². The first kappa shape index (κ1) is 21.2. The molecule has 1 rings (SSSR count). The van der Waals surface area contributed by atoms with E-state index in [1.165, 1.54) is 25.7 Å². The number of unbranched alkanes of at least 4 members (excludes halogenated alkanes) is 6. The fourth-order valence-electron chi connectivity index (χ4n) is 2.41. The van der Waals surface area contributed by atoms with Crippen LogP contribution in [0.1, 0.15) is 70.8 Å². The van der Waals surface area contributed by atoms with Crippen LogP contribution in [-0.2, 0) is 13.6 Å². The van der Waals surface area contributed by atoms with Crippen LogP contribution in [0.2, 0.25) is 0 Å². The molecule has 1 aromatic carbocycles. The van der Waals surface area contributed by atoms with Gasteiger partial charge in [-0.2, -0.15) is 0 Å². The van der Waals surface area contributed by atoms with Gasteiger partial charge in [0.2, 0.25) is 0 Å². The number of benzene rings is 1. The lowest BCUT2D eigenvalue weighted by atomic mass is 10.2. The molecule has 0 aliphatic heterocycles. The van der Waals surface area contributed by atoms with Crippen molar-refractivity contribution in [2.24, 2.45) is 0 Å². The lowest BCUT2D eigenvalue weighted by molar-refractivity contribution is 0.206. The Balaban J connectivity index is 2.65. The first-order chi connectivity index (χ1) is 11.7. The Morgan fingerprint density at radius 1 is 0.875 bits per heavy atom. The SMILES string of the molecule is C=Cc1ccc(P(=O)(OCCCCCC)OCCCCCC)cc1. The Hall–Kier alpha value is -0.890. The summed E-state index contributed by atoms with van der Waals surface area (Å²) in [6.07, 6.45) is 10.5. The molecule has 0 aromatic heterocycles. The van der Waals surface area contributed by atoms with E-state index in [1.54, 1.807) is 6.08 Å². The van der Waals surface area contributed by atoms with Gasteiger partial charge in [-0.25, -0.2) is 0 Å².